The van der Waals surface area contributed by atoms with Gasteiger partial charge in [-0.1, -0.05) is 0 Å². The minimum absolute atomic E-state index is 0.00565. The molecule has 1 rings (SSSR count). The molecule has 2 atom stereocenters. The second kappa shape index (κ2) is 2.56. The molecule has 3 N–H and O–H groups in total. The zero-order chi connectivity index (χ0) is 7.72. The molecule has 1 aliphatic rings. The Bertz CT molecular complexity index is 141. The lowest BCUT2D eigenvalue weighted by molar-refractivity contribution is -0.153. The SMILES string of the molecule is O=C(O)[C@@H](O)[C@H](O)C1CC1. The Morgan fingerprint density at radius 3 is 2.20 bits per heavy atom. The molecule has 0 radical (unpaired) electrons. The minimum Gasteiger partial charge on any atom is -0.479 e. The first-order valence-corrected chi connectivity index (χ1v) is 3.22. The van der Waals surface area contributed by atoms with Crippen molar-refractivity contribution in [2.45, 2.75) is 25.0 Å². The fourth-order valence-electron chi connectivity index (χ4n) is 0.842. The lowest BCUT2D eigenvalue weighted by atomic mass is 10.1. The van der Waals surface area contributed by atoms with Crippen molar-refractivity contribution < 1.29 is 20.1 Å². The molecule has 4 heteroatoms. The van der Waals surface area contributed by atoms with Gasteiger partial charge in [-0.15, -0.1) is 0 Å². The lowest BCUT2D eigenvalue weighted by Crippen LogP contribution is -2.35. The molecular formula is C6H10O4. The van der Waals surface area contributed by atoms with E-state index in [9.17, 15) is 4.79 Å². The van der Waals surface area contributed by atoms with Gasteiger partial charge in [0.05, 0.1) is 6.10 Å². The first-order chi connectivity index (χ1) is 4.63. The maximum atomic E-state index is 10.1. The summed E-state index contributed by atoms with van der Waals surface area (Å²) in [4.78, 5) is 10.1. The topological polar surface area (TPSA) is 77.8 Å². The van der Waals surface area contributed by atoms with Crippen LogP contribution in [0.1, 0.15) is 12.8 Å². The monoisotopic (exact) mass is 146 g/mol. The molecule has 0 aliphatic heterocycles. The molecule has 1 aliphatic carbocycles. The highest BCUT2D eigenvalue weighted by Gasteiger charge is 2.37. The van der Waals surface area contributed by atoms with Crippen LogP contribution in [-0.4, -0.2) is 33.5 Å². The summed E-state index contributed by atoms with van der Waals surface area (Å²) in [6.07, 6.45) is -1.03. The summed E-state index contributed by atoms with van der Waals surface area (Å²) in [5, 5.41) is 26.0. The normalized spacial score (nSPS) is 23.8. The van der Waals surface area contributed by atoms with E-state index in [0.717, 1.165) is 12.8 Å². The van der Waals surface area contributed by atoms with Crippen molar-refractivity contribution in [2.75, 3.05) is 0 Å². The molecular weight excluding hydrogens is 136 g/mol. The Hall–Kier alpha value is -0.610. The minimum atomic E-state index is -1.60. The molecule has 0 spiro atoms. The fourth-order valence-corrected chi connectivity index (χ4v) is 0.842. The highest BCUT2D eigenvalue weighted by atomic mass is 16.4. The van der Waals surface area contributed by atoms with Crippen molar-refractivity contribution in [3.63, 3.8) is 0 Å². The Balaban J connectivity index is 2.38. The van der Waals surface area contributed by atoms with Gasteiger partial charge in [-0.2, -0.15) is 0 Å². The molecule has 1 saturated carbocycles. The van der Waals surface area contributed by atoms with Gasteiger partial charge in [0.25, 0.3) is 0 Å². The average Bonchev–Trinajstić information content (AvgIpc) is 2.65. The predicted octanol–water partition coefficient (Wildman–Crippen LogP) is -0.797. The van der Waals surface area contributed by atoms with E-state index in [2.05, 4.69) is 0 Å². The highest BCUT2D eigenvalue weighted by Crippen LogP contribution is 2.33. The lowest BCUT2D eigenvalue weighted by Gasteiger charge is -2.11. The Morgan fingerprint density at radius 2 is 1.90 bits per heavy atom. The van der Waals surface area contributed by atoms with Gasteiger partial charge in [0, 0.05) is 0 Å². The first-order valence-electron chi connectivity index (χ1n) is 3.22. The summed E-state index contributed by atoms with van der Waals surface area (Å²) in [5.41, 5.74) is 0. The number of carbonyl (C=O) groups is 1. The summed E-state index contributed by atoms with van der Waals surface area (Å²) in [6.45, 7) is 0. The molecule has 58 valence electrons. The van der Waals surface area contributed by atoms with Crippen molar-refractivity contribution in [3.05, 3.63) is 0 Å². The number of rotatable bonds is 3. The van der Waals surface area contributed by atoms with Crippen LogP contribution >= 0.6 is 0 Å². The average molecular weight is 146 g/mol. The Labute approximate surface area is 58.1 Å². The van der Waals surface area contributed by atoms with E-state index in [1.807, 2.05) is 0 Å². The number of hydrogen-bond donors (Lipinski definition) is 3. The zero-order valence-corrected chi connectivity index (χ0v) is 5.40. The smallest absolute Gasteiger partial charge is 0.335 e. The summed E-state index contributed by atoms with van der Waals surface area (Å²) < 4.78 is 0. The molecule has 0 amide bonds. The van der Waals surface area contributed by atoms with Crippen molar-refractivity contribution in [1.29, 1.82) is 0 Å². The molecule has 0 heterocycles. The van der Waals surface area contributed by atoms with Crippen LogP contribution in [-0.2, 0) is 4.79 Å². The van der Waals surface area contributed by atoms with Crippen LogP contribution in [0.25, 0.3) is 0 Å². The number of carboxylic acid groups (broad SMARTS) is 1. The van der Waals surface area contributed by atoms with Crippen molar-refractivity contribution in [2.24, 2.45) is 5.92 Å². The number of aliphatic carboxylic acids is 1. The quantitative estimate of drug-likeness (QED) is 0.487. The number of aliphatic hydroxyl groups excluding tert-OH is 2. The number of hydrogen-bond acceptors (Lipinski definition) is 3. The van der Waals surface area contributed by atoms with Crippen LogP contribution < -0.4 is 0 Å². The second-order valence-electron chi connectivity index (χ2n) is 2.61. The van der Waals surface area contributed by atoms with Crippen LogP contribution in [0.3, 0.4) is 0 Å². The molecule has 0 unspecified atom stereocenters. The van der Waals surface area contributed by atoms with Crippen LogP contribution in [0.4, 0.5) is 0 Å². The third-order valence-electron chi connectivity index (χ3n) is 1.68. The van der Waals surface area contributed by atoms with Crippen molar-refractivity contribution >= 4 is 5.97 Å². The van der Waals surface area contributed by atoms with Gasteiger partial charge in [-0.3, -0.25) is 0 Å². The van der Waals surface area contributed by atoms with Crippen LogP contribution in [0, 0.1) is 5.92 Å². The van der Waals surface area contributed by atoms with Crippen LogP contribution in [0.5, 0.6) is 0 Å². The van der Waals surface area contributed by atoms with Crippen molar-refractivity contribution in [3.8, 4) is 0 Å². The molecule has 0 aromatic carbocycles. The van der Waals surface area contributed by atoms with Gasteiger partial charge < -0.3 is 15.3 Å². The van der Waals surface area contributed by atoms with E-state index < -0.39 is 18.2 Å². The van der Waals surface area contributed by atoms with E-state index in [4.69, 9.17) is 15.3 Å². The van der Waals surface area contributed by atoms with Crippen molar-refractivity contribution in [1.82, 2.24) is 0 Å². The summed E-state index contributed by atoms with van der Waals surface area (Å²) in [5.74, 6) is -1.34. The number of carboxylic acids is 1. The molecule has 4 nitrogen and oxygen atoms in total. The molecule has 0 aromatic heterocycles. The molecule has 1 fully saturated rings. The predicted molar refractivity (Wildman–Crippen MR) is 32.4 cm³/mol. The fraction of sp³-hybridized carbons (Fsp3) is 0.833. The maximum absolute atomic E-state index is 10.1. The van der Waals surface area contributed by atoms with E-state index in [-0.39, 0.29) is 5.92 Å². The third-order valence-corrected chi connectivity index (χ3v) is 1.68. The Kier molecular flexibility index (Phi) is 1.92. The third kappa shape index (κ3) is 1.46. The van der Waals surface area contributed by atoms with Gasteiger partial charge in [0.2, 0.25) is 0 Å². The summed E-state index contributed by atoms with van der Waals surface area (Å²) >= 11 is 0. The molecule has 10 heavy (non-hydrogen) atoms. The largest absolute Gasteiger partial charge is 0.479 e. The number of aliphatic hydroxyl groups is 2. The van der Waals surface area contributed by atoms with E-state index in [0.29, 0.717) is 0 Å². The molecule has 0 aromatic rings. The van der Waals surface area contributed by atoms with E-state index in [1.165, 1.54) is 0 Å². The van der Waals surface area contributed by atoms with Gasteiger partial charge in [-0.05, 0) is 18.8 Å². The van der Waals surface area contributed by atoms with Crippen LogP contribution in [0.2, 0.25) is 0 Å². The zero-order valence-electron chi connectivity index (χ0n) is 5.40. The molecule has 0 saturated heterocycles. The first kappa shape index (κ1) is 7.50. The van der Waals surface area contributed by atoms with Gasteiger partial charge in [-0.25, -0.2) is 4.79 Å². The van der Waals surface area contributed by atoms with E-state index in [1.54, 1.807) is 0 Å². The molecule has 0 bridgehead atoms. The Morgan fingerprint density at radius 1 is 1.40 bits per heavy atom. The van der Waals surface area contributed by atoms with Crippen LogP contribution in [0.15, 0.2) is 0 Å². The summed E-state index contributed by atoms with van der Waals surface area (Å²) in [6, 6.07) is 0. The highest BCUT2D eigenvalue weighted by molar-refractivity contribution is 5.72. The summed E-state index contributed by atoms with van der Waals surface area (Å²) in [7, 11) is 0. The van der Waals surface area contributed by atoms with Gasteiger partial charge >= 0.3 is 5.97 Å². The maximum Gasteiger partial charge on any atom is 0.335 e. The standard InChI is InChI=1S/C6H10O4/c7-4(3-1-2-3)5(8)6(9)10/h3-5,7-8H,1-2H2,(H,9,10)/t4-,5+/m1/s1. The van der Waals surface area contributed by atoms with Gasteiger partial charge in [0.1, 0.15) is 0 Å². The van der Waals surface area contributed by atoms with E-state index >= 15 is 0 Å². The van der Waals surface area contributed by atoms with Gasteiger partial charge in [0.15, 0.2) is 6.10 Å². The second-order valence-corrected chi connectivity index (χ2v) is 2.61.